The number of imidazole rings is 1. The van der Waals surface area contributed by atoms with Crippen molar-refractivity contribution in [1.82, 2.24) is 4.98 Å². The predicted octanol–water partition coefficient (Wildman–Crippen LogP) is 0.727. The molecule has 0 radical (unpaired) electrons. The van der Waals surface area contributed by atoms with Crippen molar-refractivity contribution >= 4 is 10.0 Å². The van der Waals surface area contributed by atoms with Crippen LogP contribution in [0.25, 0.3) is 5.14 Å². The molecule has 0 fully saturated rings. The molecule has 0 amide bonds. The van der Waals surface area contributed by atoms with E-state index < -0.39 is 15.5 Å². The molecule has 0 aliphatic carbocycles. The highest BCUT2D eigenvalue weighted by atomic mass is 32.2. The summed E-state index contributed by atoms with van der Waals surface area (Å²) in [6.07, 6.45) is 5.69. The molecule has 1 aromatic heterocycles. The molecule has 0 bridgehead atoms. The molecular weight excluding hydrogens is 223 g/mol. The standard InChI is InChI=1S/C4H6N2.CHF3NO2S/c1-6-3-2-5-4-6;2-1(3,4)8(5,6)7/h2-4H,1H3;(H-,5,6,7)/q;-1/p+1. The number of aryl methyl sites for hydroxylation is 1. The summed E-state index contributed by atoms with van der Waals surface area (Å²) in [4.78, 5) is 2.89. The van der Waals surface area contributed by atoms with E-state index in [1.54, 1.807) is 0 Å². The van der Waals surface area contributed by atoms with Crippen LogP contribution in [0.15, 0.2) is 18.7 Å². The van der Waals surface area contributed by atoms with Crippen molar-refractivity contribution in [2.45, 2.75) is 5.51 Å². The average molecular weight is 231 g/mol. The number of halogens is 3. The van der Waals surface area contributed by atoms with Crippen molar-refractivity contribution in [2.75, 3.05) is 0 Å². The van der Waals surface area contributed by atoms with Gasteiger partial charge in [-0.2, -0.15) is 13.2 Å². The summed E-state index contributed by atoms with van der Waals surface area (Å²) in [5, 5.41) is 5.43. The third-order valence-corrected chi connectivity index (χ3v) is 1.60. The van der Waals surface area contributed by atoms with Gasteiger partial charge in [0.2, 0.25) is 6.33 Å². The van der Waals surface area contributed by atoms with Crippen molar-refractivity contribution in [1.29, 1.82) is 0 Å². The quantitative estimate of drug-likeness (QED) is 0.668. The van der Waals surface area contributed by atoms with Gasteiger partial charge in [-0.25, -0.2) is 13.0 Å². The van der Waals surface area contributed by atoms with Gasteiger partial charge in [0.1, 0.15) is 12.4 Å². The Morgan fingerprint density at radius 1 is 1.43 bits per heavy atom. The first-order chi connectivity index (χ1) is 6.14. The highest BCUT2D eigenvalue weighted by Crippen LogP contribution is 2.22. The molecule has 0 atom stereocenters. The van der Waals surface area contributed by atoms with E-state index in [4.69, 9.17) is 5.14 Å². The van der Waals surface area contributed by atoms with E-state index in [1.807, 2.05) is 30.3 Å². The first-order valence-corrected chi connectivity index (χ1v) is 4.67. The minimum Gasteiger partial charge on any atom is -0.556 e. The van der Waals surface area contributed by atoms with Gasteiger partial charge >= 0.3 is 5.51 Å². The number of rotatable bonds is 0. The highest BCUT2D eigenvalue weighted by Gasteiger charge is 2.36. The first kappa shape index (κ1) is 12.9. The van der Waals surface area contributed by atoms with E-state index >= 15 is 0 Å². The van der Waals surface area contributed by atoms with Gasteiger partial charge < -0.3 is 5.14 Å². The van der Waals surface area contributed by atoms with Gasteiger partial charge in [0, 0.05) is 0 Å². The molecular formula is C5H8F3N3O2S. The molecule has 1 heterocycles. The molecule has 0 aliphatic heterocycles. The minimum absolute atomic E-state index is 1.88. The lowest BCUT2D eigenvalue weighted by Crippen LogP contribution is -2.22. The summed E-state index contributed by atoms with van der Waals surface area (Å²) in [5.74, 6) is 0. The summed E-state index contributed by atoms with van der Waals surface area (Å²) in [7, 11) is -3.62. The molecule has 0 saturated heterocycles. The number of H-pyrrole nitrogens is 1. The van der Waals surface area contributed by atoms with Crippen LogP contribution in [0.2, 0.25) is 0 Å². The average Bonchev–Trinajstić information content (AvgIpc) is 2.35. The van der Waals surface area contributed by atoms with Crippen molar-refractivity contribution in [3.05, 3.63) is 23.9 Å². The maximum atomic E-state index is 10.8. The zero-order valence-electron chi connectivity index (χ0n) is 7.04. The lowest BCUT2D eigenvalue weighted by atomic mass is 10.9. The van der Waals surface area contributed by atoms with Crippen LogP contribution in [0.5, 0.6) is 0 Å². The van der Waals surface area contributed by atoms with E-state index in [0.717, 1.165) is 0 Å². The molecule has 0 aliphatic rings. The number of aromatic nitrogens is 2. The van der Waals surface area contributed by atoms with E-state index in [2.05, 4.69) is 4.98 Å². The Morgan fingerprint density at radius 2 is 1.86 bits per heavy atom. The van der Waals surface area contributed by atoms with Crippen LogP contribution >= 0.6 is 0 Å². The molecule has 2 N–H and O–H groups in total. The van der Waals surface area contributed by atoms with Crippen LogP contribution in [-0.4, -0.2) is 18.9 Å². The van der Waals surface area contributed by atoms with Crippen LogP contribution in [0, 0.1) is 0 Å². The summed E-state index contributed by atoms with van der Waals surface area (Å²) in [5.41, 5.74) is -5.42. The lowest BCUT2D eigenvalue weighted by molar-refractivity contribution is -0.670. The van der Waals surface area contributed by atoms with E-state index in [-0.39, 0.29) is 0 Å². The van der Waals surface area contributed by atoms with Crippen molar-refractivity contribution in [3.63, 3.8) is 0 Å². The van der Waals surface area contributed by atoms with Gasteiger partial charge in [-0.3, -0.25) is 4.98 Å². The summed E-state index contributed by atoms with van der Waals surface area (Å²) in [6, 6.07) is 0. The zero-order valence-corrected chi connectivity index (χ0v) is 7.85. The number of nitrogens with one attached hydrogen (secondary N) is 2. The van der Waals surface area contributed by atoms with Crippen LogP contribution in [0.1, 0.15) is 0 Å². The fraction of sp³-hybridized carbons (Fsp3) is 0.400. The van der Waals surface area contributed by atoms with E-state index in [1.165, 1.54) is 0 Å². The summed E-state index contributed by atoms with van der Waals surface area (Å²) < 4.78 is 52.7. The molecule has 1 aromatic rings. The van der Waals surface area contributed by atoms with Crippen LogP contribution in [0.3, 0.4) is 0 Å². The Labute approximate surface area is 78.4 Å². The van der Waals surface area contributed by atoms with E-state index in [0.29, 0.717) is 0 Å². The third kappa shape index (κ3) is 4.82. The SMILES string of the molecule is C[n+]1cc[nH]c1.[NH-]S(=O)(=O)C(F)(F)F. The van der Waals surface area contributed by atoms with Crippen LogP contribution < -0.4 is 4.57 Å². The third-order valence-electron chi connectivity index (χ3n) is 0.989. The Morgan fingerprint density at radius 3 is 1.93 bits per heavy atom. The van der Waals surface area contributed by atoms with Crippen molar-refractivity contribution in [2.24, 2.45) is 7.05 Å². The first-order valence-electron chi connectivity index (χ1n) is 3.18. The fourth-order valence-electron chi connectivity index (χ4n) is 0.364. The van der Waals surface area contributed by atoms with Crippen LogP contribution in [0.4, 0.5) is 13.2 Å². The lowest BCUT2D eigenvalue weighted by Gasteiger charge is -2.07. The normalized spacial score (nSPS) is 11.8. The second-order valence-electron chi connectivity index (χ2n) is 2.23. The van der Waals surface area contributed by atoms with Gasteiger partial charge in [-0.15, -0.1) is 0 Å². The number of nitrogens with zero attached hydrogens (tertiary/aromatic N) is 1. The van der Waals surface area contributed by atoms with Gasteiger partial charge in [0.15, 0.2) is 10.0 Å². The molecule has 1 rings (SSSR count). The molecule has 82 valence electrons. The molecule has 9 heteroatoms. The number of aromatic amines is 1. The number of hydrogen-bond donors (Lipinski definition) is 1. The van der Waals surface area contributed by atoms with Gasteiger partial charge in [-0.1, -0.05) is 0 Å². The van der Waals surface area contributed by atoms with Gasteiger partial charge in [-0.05, 0) is 0 Å². The zero-order chi connectivity index (χ0) is 11.4. The molecule has 0 spiro atoms. The predicted molar refractivity (Wildman–Crippen MR) is 41.3 cm³/mol. The molecule has 0 unspecified atom stereocenters. The van der Waals surface area contributed by atoms with Crippen molar-refractivity contribution in [3.8, 4) is 0 Å². The monoisotopic (exact) mass is 231 g/mol. The van der Waals surface area contributed by atoms with Gasteiger partial charge in [0.05, 0.1) is 7.05 Å². The topological polar surface area (TPSA) is 77.6 Å². The maximum absolute atomic E-state index is 10.8. The van der Waals surface area contributed by atoms with Crippen LogP contribution in [-0.2, 0) is 17.1 Å². The second kappa shape index (κ2) is 4.42. The fourth-order valence-corrected chi connectivity index (χ4v) is 0.364. The largest absolute Gasteiger partial charge is 0.556 e. The Kier molecular flexibility index (Phi) is 4.08. The van der Waals surface area contributed by atoms with Crippen molar-refractivity contribution < 1.29 is 26.2 Å². The number of alkyl halides is 3. The summed E-state index contributed by atoms with van der Waals surface area (Å²) >= 11 is 0. The Balaban J connectivity index is 0.000000249. The summed E-state index contributed by atoms with van der Waals surface area (Å²) in [6.45, 7) is 0. The molecule has 5 nitrogen and oxygen atoms in total. The highest BCUT2D eigenvalue weighted by molar-refractivity contribution is 7.93. The molecule has 14 heavy (non-hydrogen) atoms. The molecule has 0 aromatic carbocycles. The maximum Gasteiger partial charge on any atom is 0.479 e. The smallest absolute Gasteiger partial charge is 0.479 e. The molecule has 0 saturated carbocycles. The Bertz CT molecular complexity index is 356. The van der Waals surface area contributed by atoms with E-state index in [9.17, 15) is 21.6 Å². The number of hydrogen-bond acceptors (Lipinski definition) is 2. The second-order valence-corrected chi connectivity index (χ2v) is 3.70. The van der Waals surface area contributed by atoms with Gasteiger partial charge in [0.25, 0.3) is 0 Å². The minimum atomic E-state index is -5.59. The number of sulfonamides is 1. The Hall–Kier alpha value is -1.09.